The van der Waals surface area contributed by atoms with Gasteiger partial charge in [0.15, 0.2) is 0 Å². The standard InChI is InChI=1S/C11H20O3S/c1-14-11(13)7-8-15-10-6-4-2-3-5-9(10)12/h9-10,12H,2-8H2,1H3. The van der Waals surface area contributed by atoms with Gasteiger partial charge in [0.25, 0.3) is 0 Å². The Labute approximate surface area is 95.6 Å². The molecule has 1 rings (SSSR count). The molecule has 88 valence electrons. The van der Waals surface area contributed by atoms with E-state index in [9.17, 15) is 9.90 Å². The number of carbonyl (C=O) groups excluding carboxylic acids is 1. The Morgan fingerprint density at radius 1 is 1.40 bits per heavy atom. The number of rotatable bonds is 4. The Bertz CT molecular complexity index is 196. The van der Waals surface area contributed by atoms with Crippen LogP contribution in [0, 0.1) is 0 Å². The van der Waals surface area contributed by atoms with Crippen molar-refractivity contribution in [1.82, 2.24) is 0 Å². The number of thioether (sulfide) groups is 1. The van der Waals surface area contributed by atoms with Crippen LogP contribution in [0.1, 0.15) is 38.5 Å². The van der Waals surface area contributed by atoms with E-state index < -0.39 is 0 Å². The number of carbonyl (C=O) groups is 1. The Balaban J connectivity index is 2.20. The number of methoxy groups -OCH3 is 1. The quantitative estimate of drug-likeness (QED) is 0.594. The van der Waals surface area contributed by atoms with E-state index in [-0.39, 0.29) is 12.1 Å². The zero-order valence-corrected chi connectivity index (χ0v) is 10.1. The fourth-order valence-electron chi connectivity index (χ4n) is 1.84. The monoisotopic (exact) mass is 232 g/mol. The van der Waals surface area contributed by atoms with Gasteiger partial charge in [-0.3, -0.25) is 4.79 Å². The summed E-state index contributed by atoms with van der Waals surface area (Å²) in [6, 6.07) is 0. The van der Waals surface area contributed by atoms with Crippen molar-refractivity contribution in [1.29, 1.82) is 0 Å². The minimum atomic E-state index is -0.185. The number of aliphatic hydroxyl groups is 1. The molecule has 0 aliphatic heterocycles. The maximum absolute atomic E-state index is 10.9. The predicted octanol–water partition coefficient (Wildman–Crippen LogP) is 1.98. The maximum atomic E-state index is 10.9. The average Bonchev–Trinajstić information content (AvgIpc) is 2.44. The minimum Gasteiger partial charge on any atom is -0.469 e. The van der Waals surface area contributed by atoms with Gasteiger partial charge in [-0.1, -0.05) is 19.3 Å². The Morgan fingerprint density at radius 3 is 2.87 bits per heavy atom. The average molecular weight is 232 g/mol. The van der Waals surface area contributed by atoms with Crippen LogP contribution in [0.15, 0.2) is 0 Å². The number of esters is 1. The van der Waals surface area contributed by atoms with Crippen molar-refractivity contribution in [2.45, 2.75) is 49.9 Å². The highest BCUT2D eigenvalue weighted by Gasteiger charge is 2.21. The van der Waals surface area contributed by atoms with Crippen molar-refractivity contribution in [2.75, 3.05) is 12.9 Å². The first kappa shape index (κ1) is 12.8. The fraction of sp³-hybridized carbons (Fsp3) is 0.909. The van der Waals surface area contributed by atoms with E-state index in [0.29, 0.717) is 11.7 Å². The van der Waals surface area contributed by atoms with Crippen molar-refractivity contribution in [3.05, 3.63) is 0 Å². The fourth-order valence-corrected chi connectivity index (χ4v) is 3.12. The summed E-state index contributed by atoms with van der Waals surface area (Å²) in [6.45, 7) is 0. The second kappa shape index (κ2) is 7.12. The summed E-state index contributed by atoms with van der Waals surface area (Å²) in [7, 11) is 1.41. The summed E-state index contributed by atoms with van der Waals surface area (Å²) in [5.74, 6) is 0.597. The third-order valence-electron chi connectivity index (χ3n) is 2.78. The first-order chi connectivity index (χ1) is 7.24. The summed E-state index contributed by atoms with van der Waals surface area (Å²) in [6.07, 6.45) is 5.82. The molecule has 1 N–H and O–H groups in total. The van der Waals surface area contributed by atoms with Crippen molar-refractivity contribution in [3.8, 4) is 0 Å². The molecule has 0 aromatic heterocycles. The van der Waals surface area contributed by atoms with Gasteiger partial charge >= 0.3 is 5.97 Å². The van der Waals surface area contributed by atoms with Crippen LogP contribution in [0.3, 0.4) is 0 Å². The molecular formula is C11H20O3S. The van der Waals surface area contributed by atoms with Gasteiger partial charge in [-0.15, -0.1) is 0 Å². The second-order valence-corrected chi connectivity index (χ2v) is 5.29. The van der Waals surface area contributed by atoms with E-state index in [2.05, 4.69) is 4.74 Å². The van der Waals surface area contributed by atoms with Crippen LogP contribution in [-0.2, 0) is 9.53 Å². The van der Waals surface area contributed by atoms with Crippen LogP contribution in [-0.4, -0.2) is 35.3 Å². The summed E-state index contributed by atoms with van der Waals surface area (Å²) in [4.78, 5) is 10.9. The number of aliphatic hydroxyl groups excluding tert-OH is 1. The number of hydrogen-bond acceptors (Lipinski definition) is 4. The third kappa shape index (κ3) is 4.89. The molecule has 0 aromatic rings. The first-order valence-corrected chi connectivity index (χ1v) is 6.65. The van der Waals surface area contributed by atoms with Crippen molar-refractivity contribution >= 4 is 17.7 Å². The molecule has 0 radical (unpaired) electrons. The highest BCUT2D eigenvalue weighted by Crippen LogP contribution is 2.28. The molecule has 15 heavy (non-hydrogen) atoms. The Kier molecular flexibility index (Phi) is 6.10. The lowest BCUT2D eigenvalue weighted by Crippen LogP contribution is -2.22. The summed E-state index contributed by atoms with van der Waals surface area (Å²) < 4.78 is 4.58. The highest BCUT2D eigenvalue weighted by atomic mass is 32.2. The lowest BCUT2D eigenvalue weighted by molar-refractivity contribution is -0.140. The molecular weight excluding hydrogens is 212 g/mol. The normalized spacial score (nSPS) is 27.1. The molecule has 0 amide bonds. The van der Waals surface area contributed by atoms with Gasteiger partial charge in [0.05, 0.1) is 19.6 Å². The predicted molar refractivity (Wildman–Crippen MR) is 62.0 cm³/mol. The largest absolute Gasteiger partial charge is 0.469 e. The van der Waals surface area contributed by atoms with Crippen LogP contribution in [0.25, 0.3) is 0 Å². The van der Waals surface area contributed by atoms with Crippen LogP contribution in [0.2, 0.25) is 0 Å². The summed E-state index contributed by atoms with van der Waals surface area (Å²) in [5, 5.41) is 10.2. The zero-order chi connectivity index (χ0) is 11.1. The maximum Gasteiger partial charge on any atom is 0.306 e. The number of ether oxygens (including phenoxy) is 1. The first-order valence-electron chi connectivity index (χ1n) is 5.60. The topological polar surface area (TPSA) is 46.5 Å². The van der Waals surface area contributed by atoms with Crippen molar-refractivity contribution < 1.29 is 14.6 Å². The van der Waals surface area contributed by atoms with Gasteiger partial charge in [-0.25, -0.2) is 0 Å². The number of hydrogen-bond donors (Lipinski definition) is 1. The smallest absolute Gasteiger partial charge is 0.306 e. The molecule has 0 bridgehead atoms. The van der Waals surface area contributed by atoms with E-state index >= 15 is 0 Å². The van der Waals surface area contributed by atoms with Gasteiger partial charge in [0.2, 0.25) is 0 Å². The lowest BCUT2D eigenvalue weighted by atomic mass is 10.1. The van der Waals surface area contributed by atoms with Crippen LogP contribution < -0.4 is 0 Å². The van der Waals surface area contributed by atoms with Gasteiger partial charge in [-0.05, 0) is 12.8 Å². The van der Waals surface area contributed by atoms with Gasteiger partial charge < -0.3 is 9.84 Å². The van der Waals surface area contributed by atoms with Gasteiger partial charge in [0, 0.05) is 11.0 Å². The summed E-state index contributed by atoms with van der Waals surface area (Å²) >= 11 is 1.71. The minimum absolute atomic E-state index is 0.161. The van der Waals surface area contributed by atoms with E-state index in [1.54, 1.807) is 11.8 Å². The highest BCUT2D eigenvalue weighted by molar-refractivity contribution is 7.99. The van der Waals surface area contributed by atoms with Crippen molar-refractivity contribution in [3.63, 3.8) is 0 Å². The molecule has 2 unspecified atom stereocenters. The molecule has 1 aliphatic carbocycles. The van der Waals surface area contributed by atoms with E-state index in [1.165, 1.54) is 20.0 Å². The molecule has 0 heterocycles. The molecule has 0 aromatic carbocycles. The molecule has 1 aliphatic rings. The molecule has 0 saturated heterocycles. The Hall–Kier alpha value is -0.220. The van der Waals surface area contributed by atoms with E-state index in [0.717, 1.165) is 25.0 Å². The molecule has 1 fully saturated rings. The van der Waals surface area contributed by atoms with E-state index in [4.69, 9.17) is 0 Å². The van der Waals surface area contributed by atoms with E-state index in [1.807, 2.05) is 0 Å². The summed E-state index contributed by atoms with van der Waals surface area (Å²) in [5.41, 5.74) is 0. The molecule has 2 atom stereocenters. The molecule has 0 spiro atoms. The molecule has 1 saturated carbocycles. The van der Waals surface area contributed by atoms with Crippen LogP contribution in [0.4, 0.5) is 0 Å². The Morgan fingerprint density at radius 2 is 2.13 bits per heavy atom. The van der Waals surface area contributed by atoms with Crippen molar-refractivity contribution in [2.24, 2.45) is 0 Å². The molecule has 3 nitrogen and oxygen atoms in total. The van der Waals surface area contributed by atoms with Crippen LogP contribution >= 0.6 is 11.8 Å². The second-order valence-electron chi connectivity index (χ2n) is 3.94. The van der Waals surface area contributed by atoms with Gasteiger partial charge in [-0.2, -0.15) is 11.8 Å². The van der Waals surface area contributed by atoms with Gasteiger partial charge in [0.1, 0.15) is 0 Å². The third-order valence-corrected chi connectivity index (χ3v) is 4.20. The van der Waals surface area contributed by atoms with Crippen LogP contribution in [0.5, 0.6) is 0 Å². The molecule has 4 heteroatoms. The SMILES string of the molecule is COC(=O)CCSC1CCCCCC1O. The zero-order valence-electron chi connectivity index (χ0n) is 9.28. The lowest BCUT2D eigenvalue weighted by Gasteiger charge is -2.19.